The molecular formula is C23H33NO. The zero-order valence-corrected chi connectivity index (χ0v) is 16.0. The third kappa shape index (κ3) is 6.19. The molecule has 25 heavy (non-hydrogen) atoms. The summed E-state index contributed by atoms with van der Waals surface area (Å²) in [5, 5.41) is 0.820. The number of allylic oxidation sites excluding steroid dienone is 2. The predicted molar refractivity (Wildman–Crippen MR) is 109 cm³/mol. The molecule has 0 N–H and O–H groups in total. The van der Waals surface area contributed by atoms with Crippen molar-refractivity contribution in [2.45, 2.75) is 71.1 Å². The van der Waals surface area contributed by atoms with Crippen LogP contribution in [0, 0.1) is 0 Å². The maximum Gasteiger partial charge on any atom is 0.189 e. The summed E-state index contributed by atoms with van der Waals surface area (Å²) in [4.78, 5) is 12.2. The first kappa shape index (κ1) is 19.5. The molecule has 0 atom stereocenters. The number of hydrogen-bond acceptors (Lipinski definition) is 1. The molecule has 1 heterocycles. The zero-order chi connectivity index (χ0) is 17.9. The number of unbranched alkanes of at least 4 members (excludes halogenated alkanes) is 7. The molecule has 1 aromatic heterocycles. The van der Waals surface area contributed by atoms with Crippen molar-refractivity contribution < 1.29 is 0 Å². The van der Waals surface area contributed by atoms with Crippen molar-refractivity contribution in [3.63, 3.8) is 0 Å². The van der Waals surface area contributed by atoms with Gasteiger partial charge in [-0.1, -0.05) is 63.3 Å². The minimum Gasteiger partial charge on any atom is -0.347 e. The Bertz CT molecular complexity index is 726. The van der Waals surface area contributed by atoms with Crippen molar-refractivity contribution in [1.82, 2.24) is 4.57 Å². The average molecular weight is 340 g/mol. The molecular weight excluding hydrogens is 306 g/mol. The van der Waals surface area contributed by atoms with Crippen LogP contribution in [0.15, 0.2) is 47.3 Å². The Labute approximate surface area is 152 Å². The van der Waals surface area contributed by atoms with Gasteiger partial charge in [-0.3, -0.25) is 4.79 Å². The second-order valence-corrected chi connectivity index (χ2v) is 7.00. The van der Waals surface area contributed by atoms with E-state index in [0.717, 1.165) is 29.4 Å². The summed E-state index contributed by atoms with van der Waals surface area (Å²) in [6.45, 7) is 2.24. The smallest absolute Gasteiger partial charge is 0.189 e. The van der Waals surface area contributed by atoms with Crippen molar-refractivity contribution in [1.29, 1.82) is 0 Å². The number of benzene rings is 1. The molecule has 136 valence electrons. The van der Waals surface area contributed by atoms with E-state index in [-0.39, 0.29) is 5.43 Å². The Morgan fingerprint density at radius 2 is 1.60 bits per heavy atom. The highest BCUT2D eigenvalue weighted by molar-refractivity contribution is 5.79. The number of hydrogen-bond donors (Lipinski definition) is 0. The number of fused-ring (bicyclic) bond motifs is 1. The van der Waals surface area contributed by atoms with Crippen molar-refractivity contribution in [3.8, 4) is 0 Å². The number of rotatable bonds is 11. The lowest BCUT2D eigenvalue weighted by molar-refractivity contribution is 0.608. The Balaban J connectivity index is 1.69. The number of nitrogens with zero attached hydrogens (tertiary/aromatic N) is 1. The zero-order valence-electron chi connectivity index (χ0n) is 16.0. The molecule has 2 nitrogen and oxygen atoms in total. The molecule has 0 aliphatic heterocycles. The van der Waals surface area contributed by atoms with Crippen LogP contribution in [-0.2, 0) is 13.5 Å². The van der Waals surface area contributed by atoms with Crippen LogP contribution in [-0.4, -0.2) is 4.57 Å². The Hall–Kier alpha value is -1.83. The van der Waals surface area contributed by atoms with Crippen molar-refractivity contribution in [2.24, 2.45) is 7.05 Å². The standard InChI is InChI=1S/C23H33NO/c1-3-4-5-6-7-8-9-10-11-12-13-16-20-19-23(25)21-17-14-15-18-22(21)24(20)2/h6-7,14-15,17-19H,3-5,8-13,16H2,1-2H3/b7-6-. The molecule has 0 radical (unpaired) electrons. The van der Waals surface area contributed by atoms with Crippen LogP contribution in [0.4, 0.5) is 0 Å². The summed E-state index contributed by atoms with van der Waals surface area (Å²) < 4.78 is 2.18. The molecule has 0 bridgehead atoms. The summed E-state index contributed by atoms with van der Waals surface area (Å²) in [5.41, 5.74) is 2.35. The van der Waals surface area contributed by atoms with Gasteiger partial charge >= 0.3 is 0 Å². The lowest BCUT2D eigenvalue weighted by atomic mass is 10.1. The monoisotopic (exact) mass is 339 g/mol. The summed E-state index contributed by atoms with van der Waals surface area (Å²) in [5.74, 6) is 0. The van der Waals surface area contributed by atoms with Gasteiger partial charge in [-0.15, -0.1) is 0 Å². The number of aryl methyl sites for hydroxylation is 2. The quantitative estimate of drug-likeness (QED) is 0.354. The highest BCUT2D eigenvalue weighted by atomic mass is 16.1. The van der Waals surface area contributed by atoms with Gasteiger partial charge in [0.2, 0.25) is 0 Å². The van der Waals surface area contributed by atoms with E-state index in [9.17, 15) is 4.79 Å². The number of aromatic nitrogens is 1. The molecule has 0 unspecified atom stereocenters. The number of para-hydroxylation sites is 1. The Kier molecular flexibility index (Phi) is 8.51. The van der Waals surface area contributed by atoms with Gasteiger partial charge in [0.05, 0.1) is 5.52 Å². The molecule has 2 aromatic rings. The van der Waals surface area contributed by atoms with E-state index < -0.39 is 0 Å². The van der Waals surface area contributed by atoms with Crippen LogP contribution >= 0.6 is 0 Å². The van der Waals surface area contributed by atoms with Gasteiger partial charge in [-0.05, 0) is 44.2 Å². The minimum atomic E-state index is 0.151. The minimum absolute atomic E-state index is 0.151. The average Bonchev–Trinajstić information content (AvgIpc) is 2.63. The second-order valence-electron chi connectivity index (χ2n) is 7.00. The molecule has 0 fully saturated rings. The normalized spacial score (nSPS) is 11.6. The van der Waals surface area contributed by atoms with E-state index in [4.69, 9.17) is 0 Å². The summed E-state index contributed by atoms with van der Waals surface area (Å²) in [6.07, 6.45) is 17.1. The Morgan fingerprint density at radius 1 is 0.920 bits per heavy atom. The summed E-state index contributed by atoms with van der Waals surface area (Å²) in [7, 11) is 2.07. The van der Waals surface area contributed by atoms with Gasteiger partial charge < -0.3 is 4.57 Å². The summed E-state index contributed by atoms with van der Waals surface area (Å²) in [6, 6.07) is 9.71. The SMILES string of the molecule is CCCC/C=C\CCCCCCCc1cc(=O)c2ccccc2n1C. The van der Waals surface area contributed by atoms with E-state index in [1.54, 1.807) is 0 Å². The van der Waals surface area contributed by atoms with Crippen LogP contribution in [0.25, 0.3) is 10.9 Å². The fraction of sp³-hybridized carbons (Fsp3) is 0.522. The largest absolute Gasteiger partial charge is 0.347 e. The highest BCUT2D eigenvalue weighted by Gasteiger charge is 2.05. The Morgan fingerprint density at radius 3 is 2.40 bits per heavy atom. The maximum atomic E-state index is 12.2. The lowest BCUT2D eigenvalue weighted by Gasteiger charge is -2.12. The van der Waals surface area contributed by atoms with Crippen LogP contribution in [0.2, 0.25) is 0 Å². The third-order valence-corrected chi connectivity index (χ3v) is 4.95. The van der Waals surface area contributed by atoms with Gasteiger partial charge in [0.15, 0.2) is 5.43 Å². The van der Waals surface area contributed by atoms with Crippen molar-refractivity contribution in [2.75, 3.05) is 0 Å². The van der Waals surface area contributed by atoms with E-state index in [0.29, 0.717) is 0 Å². The van der Waals surface area contributed by atoms with E-state index in [1.165, 1.54) is 51.4 Å². The maximum absolute atomic E-state index is 12.2. The van der Waals surface area contributed by atoms with Gasteiger partial charge in [0.1, 0.15) is 0 Å². The second kappa shape index (κ2) is 10.9. The van der Waals surface area contributed by atoms with Gasteiger partial charge in [0.25, 0.3) is 0 Å². The van der Waals surface area contributed by atoms with Crippen LogP contribution < -0.4 is 5.43 Å². The molecule has 2 rings (SSSR count). The third-order valence-electron chi connectivity index (χ3n) is 4.95. The lowest BCUT2D eigenvalue weighted by Crippen LogP contribution is -2.11. The molecule has 0 aliphatic rings. The van der Waals surface area contributed by atoms with Gasteiger partial charge in [0, 0.05) is 24.2 Å². The van der Waals surface area contributed by atoms with E-state index in [2.05, 4.69) is 30.7 Å². The molecule has 0 amide bonds. The first-order valence-electron chi connectivity index (χ1n) is 9.96. The van der Waals surface area contributed by atoms with Crippen LogP contribution in [0.5, 0.6) is 0 Å². The fourth-order valence-corrected chi connectivity index (χ4v) is 3.35. The van der Waals surface area contributed by atoms with Gasteiger partial charge in [-0.2, -0.15) is 0 Å². The molecule has 0 saturated carbocycles. The molecule has 0 saturated heterocycles. The molecule has 0 spiro atoms. The van der Waals surface area contributed by atoms with Gasteiger partial charge in [-0.25, -0.2) is 0 Å². The van der Waals surface area contributed by atoms with Crippen molar-refractivity contribution in [3.05, 3.63) is 58.4 Å². The van der Waals surface area contributed by atoms with Crippen LogP contribution in [0.3, 0.4) is 0 Å². The first-order valence-corrected chi connectivity index (χ1v) is 9.96. The van der Waals surface area contributed by atoms with E-state index >= 15 is 0 Å². The number of pyridine rings is 1. The topological polar surface area (TPSA) is 22.0 Å². The van der Waals surface area contributed by atoms with E-state index in [1.807, 2.05) is 30.3 Å². The summed E-state index contributed by atoms with van der Waals surface area (Å²) >= 11 is 0. The molecule has 1 aromatic carbocycles. The highest BCUT2D eigenvalue weighted by Crippen LogP contribution is 2.14. The first-order chi connectivity index (χ1) is 12.2. The molecule has 2 heteroatoms. The fourth-order valence-electron chi connectivity index (χ4n) is 3.35. The van der Waals surface area contributed by atoms with Crippen molar-refractivity contribution >= 4 is 10.9 Å². The van der Waals surface area contributed by atoms with Crippen LogP contribution in [0.1, 0.15) is 70.4 Å². The molecule has 0 aliphatic carbocycles. The predicted octanol–water partition coefficient (Wildman–Crippen LogP) is 6.17.